The summed E-state index contributed by atoms with van der Waals surface area (Å²) in [6.07, 6.45) is -4.37. The summed E-state index contributed by atoms with van der Waals surface area (Å²) >= 11 is 0. The molecule has 0 N–H and O–H groups in total. The van der Waals surface area contributed by atoms with Gasteiger partial charge in [0.15, 0.2) is 0 Å². The lowest BCUT2D eigenvalue weighted by Crippen LogP contribution is -2.04. The van der Waals surface area contributed by atoms with E-state index < -0.39 is 11.7 Å². The van der Waals surface area contributed by atoms with Crippen LogP contribution in [0.2, 0.25) is 0 Å². The average molecular weight is 270 g/mol. The minimum absolute atomic E-state index is 0.00757. The smallest absolute Gasteiger partial charge is 0.339 e. The van der Waals surface area contributed by atoms with Crippen molar-refractivity contribution >= 4 is 5.78 Å². The van der Waals surface area contributed by atoms with Gasteiger partial charge in [0, 0.05) is 5.56 Å². The Morgan fingerprint density at radius 1 is 1.26 bits per heavy atom. The van der Waals surface area contributed by atoms with Crippen LogP contribution in [-0.4, -0.2) is 15.9 Å². The van der Waals surface area contributed by atoms with Gasteiger partial charge in [-0.2, -0.15) is 18.2 Å². The molecular weight excluding hydrogens is 261 g/mol. The predicted molar refractivity (Wildman–Crippen MR) is 59.1 cm³/mol. The number of halogens is 3. The van der Waals surface area contributed by atoms with Crippen molar-refractivity contribution in [2.75, 3.05) is 0 Å². The fourth-order valence-electron chi connectivity index (χ4n) is 1.47. The largest absolute Gasteiger partial charge is 0.416 e. The van der Waals surface area contributed by atoms with Crippen LogP contribution in [-0.2, 0) is 17.4 Å². The van der Waals surface area contributed by atoms with E-state index >= 15 is 0 Å². The molecule has 4 nitrogen and oxygen atoms in total. The number of aromatic nitrogens is 2. The van der Waals surface area contributed by atoms with Gasteiger partial charge < -0.3 is 4.52 Å². The van der Waals surface area contributed by atoms with Crippen molar-refractivity contribution in [2.24, 2.45) is 0 Å². The monoisotopic (exact) mass is 270 g/mol. The molecule has 0 aliphatic heterocycles. The summed E-state index contributed by atoms with van der Waals surface area (Å²) < 4.78 is 42.0. The second kappa shape index (κ2) is 4.83. The highest BCUT2D eigenvalue weighted by Crippen LogP contribution is 2.30. The number of nitrogens with zero attached hydrogens (tertiary/aromatic N) is 2. The zero-order chi connectivity index (χ0) is 14.0. The fourth-order valence-corrected chi connectivity index (χ4v) is 1.47. The molecule has 0 spiro atoms. The van der Waals surface area contributed by atoms with Crippen molar-refractivity contribution in [1.82, 2.24) is 10.1 Å². The molecule has 0 amide bonds. The van der Waals surface area contributed by atoms with Crippen molar-refractivity contribution < 1.29 is 22.5 Å². The Kier molecular flexibility index (Phi) is 3.37. The number of carbonyl (C=O) groups excluding carboxylic acids is 1. The first-order valence-electron chi connectivity index (χ1n) is 5.36. The highest BCUT2D eigenvalue weighted by atomic mass is 19.4. The van der Waals surface area contributed by atoms with Crippen molar-refractivity contribution in [3.8, 4) is 11.4 Å². The Morgan fingerprint density at radius 3 is 2.42 bits per heavy atom. The van der Waals surface area contributed by atoms with Crippen LogP contribution in [0.4, 0.5) is 13.2 Å². The van der Waals surface area contributed by atoms with Gasteiger partial charge in [-0.05, 0) is 19.1 Å². The first kappa shape index (κ1) is 13.3. The van der Waals surface area contributed by atoms with Crippen LogP contribution in [0, 0.1) is 0 Å². The zero-order valence-electron chi connectivity index (χ0n) is 9.86. The summed E-state index contributed by atoms with van der Waals surface area (Å²) in [5.41, 5.74) is -0.352. The van der Waals surface area contributed by atoms with Gasteiger partial charge >= 0.3 is 6.18 Å². The zero-order valence-corrected chi connectivity index (χ0v) is 9.86. The van der Waals surface area contributed by atoms with Gasteiger partial charge in [0.1, 0.15) is 5.78 Å². The maximum Gasteiger partial charge on any atom is 0.416 e. The number of hydrogen-bond donors (Lipinski definition) is 0. The molecule has 0 aliphatic carbocycles. The van der Waals surface area contributed by atoms with Crippen LogP contribution >= 0.6 is 0 Å². The van der Waals surface area contributed by atoms with Crippen LogP contribution in [0.3, 0.4) is 0 Å². The minimum atomic E-state index is -4.38. The van der Waals surface area contributed by atoms with E-state index in [1.54, 1.807) is 0 Å². The lowest BCUT2D eigenvalue weighted by atomic mass is 10.1. The van der Waals surface area contributed by atoms with E-state index in [2.05, 4.69) is 10.1 Å². The highest BCUT2D eigenvalue weighted by Gasteiger charge is 2.30. The molecule has 2 rings (SSSR count). The Balaban J connectivity index is 2.23. The molecule has 1 aromatic carbocycles. The third-order valence-corrected chi connectivity index (χ3v) is 2.34. The van der Waals surface area contributed by atoms with Crippen molar-refractivity contribution in [3.63, 3.8) is 0 Å². The first-order valence-corrected chi connectivity index (χ1v) is 5.36. The molecule has 0 bridgehead atoms. The Labute approximate surface area is 106 Å². The molecule has 7 heteroatoms. The Bertz CT molecular complexity index is 588. The lowest BCUT2D eigenvalue weighted by Gasteiger charge is -2.05. The van der Waals surface area contributed by atoms with Gasteiger partial charge in [-0.25, -0.2) is 0 Å². The molecule has 2 aromatic rings. The number of alkyl halides is 3. The van der Waals surface area contributed by atoms with Gasteiger partial charge in [-0.1, -0.05) is 17.3 Å². The molecule has 0 atom stereocenters. The SMILES string of the molecule is CC(=O)Cc1nc(-c2ccc(C(F)(F)F)cc2)no1. The van der Waals surface area contributed by atoms with Crippen molar-refractivity contribution in [1.29, 1.82) is 0 Å². The highest BCUT2D eigenvalue weighted by molar-refractivity contribution is 5.77. The molecule has 0 aliphatic rings. The minimum Gasteiger partial charge on any atom is -0.339 e. The molecule has 0 fully saturated rings. The number of Topliss-reactive ketones (excluding diaryl/α,β-unsaturated/α-hetero) is 1. The quantitative estimate of drug-likeness (QED) is 0.860. The third kappa shape index (κ3) is 3.18. The summed E-state index contributed by atoms with van der Waals surface area (Å²) in [5.74, 6) is 0.162. The van der Waals surface area contributed by atoms with E-state index in [0.717, 1.165) is 12.1 Å². The van der Waals surface area contributed by atoms with Gasteiger partial charge in [0.25, 0.3) is 0 Å². The molecule has 0 saturated carbocycles. The van der Waals surface area contributed by atoms with E-state index in [1.807, 2.05) is 0 Å². The second-order valence-electron chi connectivity index (χ2n) is 3.97. The van der Waals surface area contributed by atoms with Crippen molar-refractivity contribution in [2.45, 2.75) is 19.5 Å². The van der Waals surface area contributed by atoms with E-state index in [4.69, 9.17) is 4.52 Å². The predicted octanol–water partition coefficient (Wildman–Crippen LogP) is 2.89. The fraction of sp³-hybridized carbons (Fsp3) is 0.250. The van der Waals surface area contributed by atoms with Gasteiger partial charge in [0.2, 0.25) is 11.7 Å². The lowest BCUT2D eigenvalue weighted by molar-refractivity contribution is -0.137. The molecule has 100 valence electrons. The number of carbonyl (C=O) groups is 1. The van der Waals surface area contributed by atoms with Gasteiger partial charge in [0.05, 0.1) is 12.0 Å². The molecule has 1 heterocycles. The van der Waals surface area contributed by atoms with E-state index in [0.29, 0.717) is 5.56 Å². The Hall–Kier alpha value is -2.18. The van der Waals surface area contributed by atoms with Crippen LogP contribution < -0.4 is 0 Å². The topological polar surface area (TPSA) is 56.0 Å². The number of hydrogen-bond acceptors (Lipinski definition) is 4. The van der Waals surface area contributed by atoms with Gasteiger partial charge in [-0.15, -0.1) is 0 Å². The maximum atomic E-state index is 12.4. The molecule has 0 radical (unpaired) electrons. The molecule has 0 saturated heterocycles. The van der Waals surface area contributed by atoms with Crippen molar-refractivity contribution in [3.05, 3.63) is 35.7 Å². The van der Waals surface area contributed by atoms with Crippen LogP contribution in [0.1, 0.15) is 18.4 Å². The molecule has 0 unspecified atom stereocenters. The molecular formula is C12H9F3N2O2. The van der Waals surface area contributed by atoms with E-state index in [-0.39, 0.29) is 23.9 Å². The first-order chi connectivity index (χ1) is 8.86. The average Bonchev–Trinajstić information content (AvgIpc) is 2.75. The van der Waals surface area contributed by atoms with Crippen LogP contribution in [0.25, 0.3) is 11.4 Å². The summed E-state index contributed by atoms with van der Waals surface area (Å²) in [6.45, 7) is 1.38. The van der Waals surface area contributed by atoms with Crippen LogP contribution in [0.15, 0.2) is 28.8 Å². The summed E-state index contributed by atoms with van der Waals surface area (Å²) in [6, 6.07) is 4.39. The summed E-state index contributed by atoms with van der Waals surface area (Å²) in [5, 5.41) is 3.61. The maximum absolute atomic E-state index is 12.4. The van der Waals surface area contributed by atoms with Crippen LogP contribution in [0.5, 0.6) is 0 Å². The summed E-state index contributed by atoms with van der Waals surface area (Å²) in [4.78, 5) is 14.8. The van der Waals surface area contributed by atoms with E-state index in [9.17, 15) is 18.0 Å². The normalized spacial score (nSPS) is 11.6. The Morgan fingerprint density at radius 2 is 1.89 bits per heavy atom. The number of ketones is 1. The number of benzene rings is 1. The summed E-state index contributed by atoms with van der Waals surface area (Å²) in [7, 11) is 0. The number of rotatable bonds is 3. The van der Waals surface area contributed by atoms with Gasteiger partial charge in [-0.3, -0.25) is 4.79 Å². The molecule has 1 aromatic heterocycles. The third-order valence-electron chi connectivity index (χ3n) is 2.34. The second-order valence-corrected chi connectivity index (χ2v) is 3.97. The molecule has 19 heavy (non-hydrogen) atoms. The van der Waals surface area contributed by atoms with E-state index in [1.165, 1.54) is 19.1 Å². The standard InChI is InChI=1S/C12H9F3N2O2/c1-7(18)6-10-16-11(17-19-10)8-2-4-9(5-3-8)12(13,14)15/h2-5H,6H2,1H3.